The zero-order valence-electron chi connectivity index (χ0n) is 8.18. The summed E-state index contributed by atoms with van der Waals surface area (Å²) < 4.78 is 5.51. The highest BCUT2D eigenvalue weighted by molar-refractivity contribution is 5.43. The molecule has 1 saturated heterocycles. The smallest absolute Gasteiger partial charge is 0.269 e. The molecule has 0 radical (unpaired) electrons. The molecular weight excluding hydrogens is 194 g/mol. The first-order chi connectivity index (χ1) is 7.25. The van der Waals surface area contributed by atoms with Crippen LogP contribution in [0.1, 0.15) is 30.1 Å². The number of hydrogen-bond donors (Lipinski definition) is 0. The van der Waals surface area contributed by atoms with Crippen LogP contribution in [0.15, 0.2) is 18.2 Å². The van der Waals surface area contributed by atoms with E-state index in [1.54, 1.807) is 12.1 Å². The van der Waals surface area contributed by atoms with Gasteiger partial charge in [0.25, 0.3) is 5.69 Å². The van der Waals surface area contributed by atoms with Gasteiger partial charge < -0.3 is 4.74 Å². The predicted molar refractivity (Wildman–Crippen MR) is 53.6 cm³/mol. The summed E-state index contributed by atoms with van der Waals surface area (Å²) in [5.41, 5.74) is 2.44. The summed E-state index contributed by atoms with van der Waals surface area (Å²) in [6, 6.07) is 5.12. The summed E-state index contributed by atoms with van der Waals surface area (Å²) in [6.45, 7) is 0. The molecule has 2 atom stereocenters. The van der Waals surface area contributed by atoms with Crippen molar-refractivity contribution in [2.75, 3.05) is 0 Å². The fraction of sp³-hybridized carbons (Fsp3) is 0.455. The number of ether oxygens (including phenoxy) is 1. The fourth-order valence-corrected chi connectivity index (χ4v) is 2.33. The lowest BCUT2D eigenvalue weighted by Crippen LogP contribution is -1.95. The maximum atomic E-state index is 10.6. The first-order valence-corrected chi connectivity index (χ1v) is 5.18. The molecule has 1 heterocycles. The number of hydrogen-bond acceptors (Lipinski definition) is 3. The SMILES string of the molecule is O=[N+]([O-])c1ccc2c(c1)CCC[C@H]1O[C@H]21. The van der Waals surface area contributed by atoms with Crippen molar-refractivity contribution in [3.05, 3.63) is 39.4 Å². The molecule has 0 spiro atoms. The molecule has 1 aliphatic carbocycles. The van der Waals surface area contributed by atoms with Crippen LogP contribution in [0, 0.1) is 10.1 Å². The molecule has 1 aromatic rings. The van der Waals surface area contributed by atoms with E-state index in [0.29, 0.717) is 6.10 Å². The molecule has 0 bridgehead atoms. The molecule has 1 fully saturated rings. The second-order valence-corrected chi connectivity index (χ2v) is 4.13. The second-order valence-electron chi connectivity index (χ2n) is 4.13. The molecule has 2 aliphatic rings. The van der Waals surface area contributed by atoms with Crippen LogP contribution in [0.2, 0.25) is 0 Å². The van der Waals surface area contributed by atoms with E-state index in [1.807, 2.05) is 6.07 Å². The van der Waals surface area contributed by atoms with Gasteiger partial charge >= 0.3 is 0 Å². The Hall–Kier alpha value is -1.42. The second kappa shape index (κ2) is 3.03. The number of nitro groups is 1. The van der Waals surface area contributed by atoms with Crippen LogP contribution in [-0.4, -0.2) is 11.0 Å². The Morgan fingerprint density at radius 1 is 1.47 bits per heavy atom. The lowest BCUT2D eigenvalue weighted by molar-refractivity contribution is -0.384. The number of epoxide rings is 1. The van der Waals surface area contributed by atoms with Crippen molar-refractivity contribution in [1.82, 2.24) is 0 Å². The van der Waals surface area contributed by atoms with Gasteiger partial charge in [0, 0.05) is 12.1 Å². The zero-order chi connectivity index (χ0) is 10.4. The molecule has 1 aliphatic heterocycles. The minimum absolute atomic E-state index is 0.188. The molecule has 4 nitrogen and oxygen atoms in total. The topological polar surface area (TPSA) is 55.7 Å². The summed E-state index contributed by atoms with van der Waals surface area (Å²) in [5, 5.41) is 10.6. The van der Waals surface area contributed by atoms with E-state index in [9.17, 15) is 10.1 Å². The third-order valence-corrected chi connectivity index (χ3v) is 3.16. The average molecular weight is 205 g/mol. The number of aryl methyl sites for hydroxylation is 1. The fourth-order valence-electron chi connectivity index (χ4n) is 2.33. The Bertz CT molecular complexity index is 430. The summed E-state index contributed by atoms with van der Waals surface area (Å²) in [7, 11) is 0. The lowest BCUT2D eigenvalue weighted by atomic mass is 10.0. The van der Waals surface area contributed by atoms with E-state index in [1.165, 1.54) is 0 Å². The largest absolute Gasteiger partial charge is 0.364 e. The van der Waals surface area contributed by atoms with Crippen molar-refractivity contribution in [1.29, 1.82) is 0 Å². The number of benzene rings is 1. The number of non-ortho nitro benzene ring substituents is 1. The van der Waals surface area contributed by atoms with Crippen LogP contribution in [-0.2, 0) is 11.2 Å². The van der Waals surface area contributed by atoms with Gasteiger partial charge in [0.1, 0.15) is 6.10 Å². The van der Waals surface area contributed by atoms with E-state index in [-0.39, 0.29) is 16.7 Å². The summed E-state index contributed by atoms with van der Waals surface area (Å²) in [5.74, 6) is 0. The summed E-state index contributed by atoms with van der Waals surface area (Å²) >= 11 is 0. The third kappa shape index (κ3) is 1.41. The summed E-state index contributed by atoms with van der Waals surface area (Å²) in [4.78, 5) is 10.3. The van der Waals surface area contributed by atoms with Gasteiger partial charge in [-0.05, 0) is 36.5 Å². The normalized spacial score (nSPS) is 27.5. The van der Waals surface area contributed by atoms with Crippen molar-refractivity contribution in [2.45, 2.75) is 31.5 Å². The van der Waals surface area contributed by atoms with Gasteiger partial charge in [-0.3, -0.25) is 10.1 Å². The number of nitro benzene ring substituents is 1. The van der Waals surface area contributed by atoms with E-state index in [0.717, 1.165) is 30.4 Å². The average Bonchev–Trinajstić information content (AvgIpc) is 2.95. The standard InChI is InChI=1S/C11H11NO3/c13-12(14)8-4-5-9-7(6-8)2-1-3-10-11(9)15-10/h4-6,10-11H,1-3H2/t10-,11-/m1/s1. The molecule has 78 valence electrons. The molecule has 15 heavy (non-hydrogen) atoms. The highest BCUT2D eigenvalue weighted by Crippen LogP contribution is 2.46. The van der Waals surface area contributed by atoms with E-state index < -0.39 is 0 Å². The van der Waals surface area contributed by atoms with Gasteiger partial charge in [-0.2, -0.15) is 0 Å². The Morgan fingerprint density at radius 2 is 2.33 bits per heavy atom. The molecule has 0 N–H and O–H groups in total. The van der Waals surface area contributed by atoms with Gasteiger partial charge in [0.05, 0.1) is 11.0 Å². The molecule has 0 amide bonds. The quantitative estimate of drug-likeness (QED) is 0.401. The monoisotopic (exact) mass is 205 g/mol. The molecule has 0 aromatic heterocycles. The van der Waals surface area contributed by atoms with Crippen LogP contribution in [0.25, 0.3) is 0 Å². The van der Waals surface area contributed by atoms with Gasteiger partial charge in [0.15, 0.2) is 0 Å². The molecular formula is C11H11NO3. The highest BCUT2D eigenvalue weighted by Gasteiger charge is 2.42. The first-order valence-electron chi connectivity index (χ1n) is 5.18. The Morgan fingerprint density at radius 3 is 3.13 bits per heavy atom. The minimum atomic E-state index is -0.337. The highest BCUT2D eigenvalue weighted by atomic mass is 16.6. The third-order valence-electron chi connectivity index (χ3n) is 3.16. The zero-order valence-corrected chi connectivity index (χ0v) is 8.18. The molecule has 0 saturated carbocycles. The van der Waals surface area contributed by atoms with Crippen LogP contribution in [0.5, 0.6) is 0 Å². The molecule has 1 aromatic carbocycles. The van der Waals surface area contributed by atoms with E-state index >= 15 is 0 Å². The maximum Gasteiger partial charge on any atom is 0.269 e. The van der Waals surface area contributed by atoms with E-state index in [2.05, 4.69) is 0 Å². The van der Waals surface area contributed by atoms with E-state index in [4.69, 9.17) is 4.74 Å². The number of rotatable bonds is 1. The molecule has 3 rings (SSSR count). The van der Waals surface area contributed by atoms with Gasteiger partial charge in [-0.15, -0.1) is 0 Å². The Balaban J connectivity index is 2.04. The van der Waals surface area contributed by atoms with Crippen LogP contribution in [0.3, 0.4) is 0 Å². The van der Waals surface area contributed by atoms with Crippen molar-refractivity contribution < 1.29 is 9.66 Å². The lowest BCUT2D eigenvalue weighted by Gasteiger charge is -2.04. The Labute approximate surface area is 87.0 Å². The number of nitrogens with zero attached hydrogens (tertiary/aromatic N) is 1. The van der Waals surface area contributed by atoms with Gasteiger partial charge in [0.2, 0.25) is 0 Å². The molecule has 0 unspecified atom stereocenters. The predicted octanol–water partition coefficient (Wildman–Crippen LogP) is 2.37. The maximum absolute atomic E-state index is 10.6. The first kappa shape index (κ1) is 8.85. The van der Waals surface area contributed by atoms with Crippen molar-refractivity contribution in [3.8, 4) is 0 Å². The minimum Gasteiger partial charge on any atom is -0.364 e. The van der Waals surface area contributed by atoms with Crippen LogP contribution < -0.4 is 0 Å². The van der Waals surface area contributed by atoms with Crippen molar-refractivity contribution in [2.24, 2.45) is 0 Å². The molecule has 4 heteroatoms. The Kier molecular flexibility index (Phi) is 1.79. The van der Waals surface area contributed by atoms with Gasteiger partial charge in [-0.25, -0.2) is 0 Å². The van der Waals surface area contributed by atoms with Gasteiger partial charge in [-0.1, -0.05) is 0 Å². The van der Waals surface area contributed by atoms with Crippen LogP contribution in [0.4, 0.5) is 5.69 Å². The van der Waals surface area contributed by atoms with Crippen LogP contribution >= 0.6 is 0 Å². The van der Waals surface area contributed by atoms with Crippen molar-refractivity contribution in [3.63, 3.8) is 0 Å². The number of fused-ring (bicyclic) bond motifs is 3. The summed E-state index contributed by atoms with van der Waals surface area (Å²) in [6.07, 6.45) is 3.66. The van der Waals surface area contributed by atoms with Crippen molar-refractivity contribution >= 4 is 5.69 Å².